The van der Waals surface area contributed by atoms with Crippen molar-refractivity contribution < 1.29 is 0 Å². The van der Waals surface area contributed by atoms with Crippen LogP contribution in [0, 0.1) is 17.3 Å². The highest BCUT2D eigenvalue weighted by atomic mass is 15.3. The molecule has 0 bridgehead atoms. The summed E-state index contributed by atoms with van der Waals surface area (Å²) in [4.78, 5) is 0. The van der Waals surface area contributed by atoms with Crippen LogP contribution in [0.5, 0.6) is 0 Å². The molecule has 1 heterocycles. The van der Waals surface area contributed by atoms with Gasteiger partial charge in [0.25, 0.3) is 0 Å². The van der Waals surface area contributed by atoms with Gasteiger partial charge in [0.15, 0.2) is 0 Å². The number of rotatable bonds is 6. The number of nitrogens with zero attached hydrogens (tertiary/aromatic N) is 2. The first kappa shape index (κ1) is 13.2. The van der Waals surface area contributed by atoms with E-state index in [1.165, 1.54) is 31.5 Å². The summed E-state index contributed by atoms with van der Waals surface area (Å²) < 4.78 is 2.09. The van der Waals surface area contributed by atoms with Gasteiger partial charge in [-0.2, -0.15) is 5.10 Å². The molecule has 3 nitrogen and oxygen atoms in total. The summed E-state index contributed by atoms with van der Waals surface area (Å²) in [7, 11) is 0. The van der Waals surface area contributed by atoms with E-state index in [-0.39, 0.29) is 0 Å². The van der Waals surface area contributed by atoms with E-state index in [0.717, 1.165) is 24.8 Å². The summed E-state index contributed by atoms with van der Waals surface area (Å²) in [6, 6.07) is 2.69. The standard InChI is InChI=1S/C16H27N3/c1-4-17-11-16(8-13-7-14(13)9-16)10-15-5-6-19(18-15)12(2)3/h5-6,12-14,17H,4,7-11H2,1-3H3. The molecule has 2 fully saturated rings. The minimum Gasteiger partial charge on any atom is -0.316 e. The third-order valence-corrected chi connectivity index (χ3v) is 4.96. The lowest BCUT2D eigenvalue weighted by Crippen LogP contribution is -2.35. The molecule has 1 aromatic heterocycles. The van der Waals surface area contributed by atoms with Gasteiger partial charge in [-0.05, 0) is 69.4 Å². The van der Waals surface area contributed by atoms with Crippen molar-refractivity contribution in [1.82, 2.24) is 15.1 Å². The molecule has 3 heteroatoms. The van der Waals surface area contributed by atoms with Crippen LogP contribution in [0.1, 0.15) is 51.8 Å². The molecular weight excluding hydrogens is 234 g/mol. The molecule has 2 atom stereocenters. The minimum absolute atomic E-state index is 0.468. The fourth-order valence-corrected chi connectivity index (χ4v) is 3.89. The first-order chi connectivity index (χ1) is 9.12. The summed E-state index contributed by atoms with van der Waals surface area (Å²) in [6.07, 6.45) is 7.62. The van der Waals surface area contributed by atoms with Crippen molar-refractivity contribution in [2.75, 3.05) is 13.1 Å². The molecule has 3 rings (SSSR count). The van der Waals surface area contributed by atoms with Crippen LogP contribution in [0.25, 0.3) is 0 Å². The summed E-state index contributed by atoms with van der Waals surface area (Å²) in [5, 5.41) is 8.34. The zero-order valence-electron chi connectivity index (χ0n) is 12.5. The van der Waals surface area contributed by atoms with Crippen LogP contribution in [0.15, 0.2) is 12.3 Å². The fourth-order valence-electron chi connectivity index (χ4n) is 3.89. The molecule has 0 saturated heterocycles. The summed E-state index contributed by atoms with van der Waals surface area (Å²) in [5.74, 6) is 2.07. The minimum atomic E-state index is 0.468. The molecule has 106 valence electrons. The van der Waals surface area contributed by atoms with Crippen LogP contribution in [0.3, 0.4) is 0 Å². The fraction of sp³-hybridized carbons (Fsp3) is 0.812. The van der Waals surface area contributed by atoms with Crippen LogP contribution in [0.4, 0.5) is 0 Å². The Bertz CT molecular complexity index is 425. The zero-order valence-corrected chi connectivity index (χ0v) is 12.5. The summed E-state index contributed by atoms with van der Waals surface area (Å²) in [6.45, 7) is 8.84. The van der Waals surface area contributed by atoms with Crippen molar-refractivity contribution in [3.63, 3.8) is 0 Å². The van der Waals surface area contributed by atoms with Gasteiger partial charge in [0.1, 0.15) is 0 Å². The molecule has 0 radical (unpaired) electrons. The molecule has 0 aromatic carbocycles. The average molecular weight is 261 g/mol. The number of aromatic nitrogens is 2. The van der Waals surface area contributed by atoms with Gasteiger partial charge in [-0.15, -0.1) is 0 Å². The van der Waals surface area contributed by atoms with Crippen molar-refractivity contribution in [2.45, 2.75) is 52.5 Å². The van der Waals surface area contributed by atoms with Gasteiger partial charge in [0, 0.05) is 18.8 Å². The van der Waals surface area contributed by atoms with Crippen LogP contribution < -0.4 is 5.32 Å². The third-order valence-electron chi connectivity index (χ3n) is 4.96. The molecule has 0 aliphatic heterocycles. The number of hydrogen-bond donors (Lipinski definition) is 1. The normalized spacial score (nSPS) is 32.8. The topological polar surface area (TPSA) is 29.9 Å². The van der Waals surface area contributed by atoms with E-state index >= 15 is 0 Å². The first-order valence-corrected chi connectivity index (χ1v) is 7.87. The predicted molar refractivity (Wildman–Crippen MR) is 78.1 cm³/mol. The van der Waals surface area contributed by atoms with E-state index in [4.69, 9.17) is 5.10 Å². The lowest BCUT2D eigenvalue weighted by molar-refractivity contribution is 0.247. The molecule has 0 spiro atoms. The first-order valence-electron chi connectivity index (χ1n) is 7.87. The maximum atomic E-state index is 4.76. The Hall–Kier alpha value is -0.830. The molecule has 2 unspecified atom stereocenters. The van der Waals surface area contributed by atoms with Crippen molar-refractivity contribution in [2.24, 2.45) is 17.3 Å². The van der Waals surface area contributed by atoms with E-state index in [1.807, 2.05) is 0 Å². The van der Waals surface area contributed by atoms with Crippen LogP contribution in [-0.2, 0) is 6.42 Å². The lowest BCUT2D eigenvalue weighted by Gasteiger charge is -2.30. The van der Waals surface area contributed by atoms with E-state index < -0.39 is 0 Å². The number of nitrogens with one attached hydrogen (secondary N) is 1. The van der Waals surface area contributed by atoms with E-state index in [2.05, 4.69) is 43.0 Å². The highest BCUT2D eigenvalue weighted by Gasteiger charge is 2.53. The van der Waals surface area contributed by atoms with Gasteiger partial charge < -0.3 is 5.32 Å². The average Bonchev–Trinajstić information content (AvgIpc) is 2.79. The second-order valence-electron chi connectivity index (χ2n) is 7.00. The Morgan fingerprint density at radius 2 is 2.16 bits per heavy atom. The molecule has 0 amide bonds. The Kier molecular flexibility index (Phi) is 3.42. The second-order valence-corrected chi connectivity index (χ2v) is 7.00. The van der Waals surface area contributed by atoms with Gasteiger partial charge in [-0.1, -0.05) is 6.92 Å². The van der Waals surface area contributed by atoms with E-state index in [9.17, 15) is 0 Å². The Balaban J connectivity index is 1.69. The predicted octanol–water partition coefficient (Wildman–Crippen LogP) is 3.03. The maximum absolute atomic E-state index is 4.76. The van der Waals surface area contributed by atoms with Crippen molar-refractivity contribution >= 4 is 0 Å². The van der Waals surface area contributed by atoms with Crippen molar-refractivity contribution in [3.8, 4) is 0 Å². The molecule has 19 heavy (non-hydrogen) atoms. The number of hydrogen-bond acceptors (Lipinski definition) is 2. The Morgan fingerprint density at radius 3 is 2.74 bits per heavy atom. The Labute approximate surface area is 116 Å². The van der Waals surface area contributed by atoms with Gasteiger partial charge in [0.05, 0.1) is 5.69 Å². The molecule has 1 N–H and O–H groups in total. The highest BCUT2D eigenvalue weighted by molar-refractivity contribution is 5.11. The quantitative estimate of drug-likeness (QED) is 0.853. The molecular formula is C16H27N3. The highest BCUT2D eigenvalue weighted by Crippen LogP contribution is 2.60. The van der Waals surface area contributed by atoms with E-state index in [1.54, 1.807) is 0 Å². The molecule has 2 aliphatic rings. The van der Waals surface area contributed by atoms with Crippen LogP contribution >= 0.6 is 0 Å². The molecule has 2 aliphatic carbocycles. The monoisotopic (exact) mass is 261 g/mol. The van der Waals surface area contributed by atoms with Gasteiger partial charge in [0.2, 0.25) is 0 Å². The van der Waals surface area contributed by atoms with E-state index in [0.29, 0.717) is 11.5 Å². The van der Waals surface area contributed by atoms with Crippen molar-refractivity contribution in [1.29, 1.82) is 0 Å². The molecule has 1 aromatic rings. The third kappa shape index (κ3) is 2.71. The maximum Gasteiger partial charge on any atom is 0.0630 e. The summed E-state index contributed by atoms with van der Waals surface area (Å²) >= 11 is 0. The van der Waals surface area contributed by atoms with Gasteiger partial charge in [-0.3, -0.25) is 4.68 Å². The van der Waals surface area contributed by atoms with Crippen LogP contribution in [-0.4, -0.2) is 22.9 Å². The number of fused-ring (bicyclic) bond motifs is 1. The van der Waals surface area contributed by atoms with Crippen LogP contribution in [0.2, 0.25) is 0 Å². The smallest absolute Gasteiger partial charge is 0.0630 e. The Morgan fingerprint density at radius 1 is 1.42 bits per heavy atom. The largest absolute Gasteiger partial charge is 0.316 e. The summed E-state index contributed by atoms with van der Waals surface area (Å²) in [5.41, 5.74) is 1.77. The lowest BCUT2D eigenvalue weighted by atomic mass is 9.78. The zero-order chi connectivity index (χ0) is 13.5. The van der Waals surface area contributed by atoms with Gasteiger partial charge >= 0.3 is 0 Å². The SMILES string of the molecule is CCNCC1(Cc2ccn(C(C)C)n2)CC2CC2C1. The van der Waals surface area contributed by atoms with Crippen molar-refractivity contribution in [3.05, 3.63) is 18.0 Å². The second kappa shape index (κ2) is 4.93. The van der Waals surface area contributed by atoms with Gasteiger partial charge in [-0.25, -0.2) is 0 Å². The molecule has 2 saturated carbocycles.